The molecule has 1 aliphatic heterocycles. The van der Waals surface area contributed by atoms with Crippen LogP contribution in [0.15, 0.2) is 80.4 Å². The van der Waals surface area contributed by atoms with E-state index in [1.54, 1.807) is 22.8 Å². The molecule has 174 valence electrons. The molecular formula is C28H22N2O4S. The first-order chi connectivity index (χ1) is 17.0. The number of methoxy groups -OCH3 is 1. The number of aryl methyl sites for hydroxylation is 2. The van der Waals surface area contributed by atoms with Crippen LogP contribution in [0, 0.1) is 6.92 Å². The van der Waals surface area contributed by atoms with E-state index in [2.05, 4.69) is 18.2 Å². The number of hydrogen-bond donors (Lipinski definition) is 0. The van der Waals surface area contributed by atoms with Crippen molar-refractivity contribution >= 4 is 29.1 Å². The minimum Gasteiger partial charge on any atom is -0.465 e. The van der Waals surface area contributed by atoms with E-state index in [1.807, 2.05) is 37.3 Å². The predicted octanol–water partition coefficient (Wildman–Crippen LogP) is 4.01. The van der Waals surface area contributed by atoms with Gasteiger partial charge >= 0.3 is 5.97 Å². The summed E-state index contributed by atoms with van der Waals surface area (Å²) in [4.78, 5) is 31.3. The monoisotopic (exact) mass is 482 g/mol. The number of carbonyl (C=O) groups excluding carboxylic acids is 1. The fourth-order valence-electron chi connectivity index (χ4n) is 4.90. The van der Waals surface area contributed by atoms with E-state index in [9.17, 15) is 9.59 Å². The first kappa shape index (κ1) is 21.6. The molecule has 4 aromatic rings. The summed E-state index contributed by atoms with van der Waals surface area (Å²) >= 11 is 1.37. The zero-order chi connectivity index (χ0) is 24.1. The number of allylic oxidation sites excluding steroid dienone is 1. The normalized spacial score (nSPS) is 16.9. The molecule has 0 radical (unpaired) electrons. The molecule has 0 fully saturated rings. The Morgan fingerprint density at radius 1 is 1.11 bits per heavy atom. The molecule has 6 nitrogen and oxygen atoms in total. The van der Waals surface area contributed by atoms with Crippen LogP contribution in [0.1, 0.15) is 51.0 Å². The fraction of sp³-hybridized carbons (Fsp3) is 0.179. The molecule has 1 aliphatic carbocycles. The van der Waals surface area contributed by atoms with E-state index < -0.39 is 0 Å². The number of thiazole rings is 1. The van der Waals surface area contributed by atoms with Gasteiger partial charge in [0.25, 0.3) is 5.56 Å². The fourth-order valence-corrected chi connectivity index (χ4v) is 5.88. The smallest absolute Gasteiger partial charge is 0.337 e. The molecule has 1 atom stereocenters. The van der Waals surface area contributed by atoms with Crippen LogP contribution in [0.5, 0.6) is 0 Å². The van der Waals surface area contributed by atoms with Crippen molar-refractivity contribution in [2.45, 2.75) is 25.8 Å². The third kappa shape index (κ3) is 3.59. The van der Waals surface area contributed by atoms with Crippen molar-refractivity contribution in [3.05, 3.63) is 120 Å². The van der Waals surface area contributed by atoms with Crippen LogP contribution >= 0.6 is 11.3 Å². The molecule has 6 rings (SSSR count). The maximum Gasteiger partial charge on any atom is 0.337 e. The second kappa shape index (κ2) is 8.36. The van der Waals surface area contributed by atoms with E-state index in [4.69, 9.17) is 14.1 Å². The van der Waals surface area contributed by atoms with E-state index >= 15 is 0 Å². The third-order valence-corrected chi connectivity index (χ3v) is 7.54. The molecule has 1 unspecified atom stereocenters. The number of furan rings is 1. The van der Waals surface area contributed by atoms with Crippen molar-refractivity contribution in [3.63, 3.8) is 0 Å². The highest BCUT2D eigenvalue weighted by molar-refractivity contribution is 7.07. The Kier molecular flexibility index (Phi) is 5.15. The number of benzene rings is 2. The van der Waals surface area contributed by atoms with Crippen LogP contribution in [0.4, 0.5) is 0 Å². The third-order valence-electron chi connectivity index (χ3n) is 6.55. The molecule has 2 aliphatic rings. The number of esters is 1. The molecule has 0 spiro atoms. The molecule has 0 N–H and O–H groups in total. The number of rotatable bonds is 3. The molecule has 3 heterocycles. The zero-order valence-electron chi connectivity index (χ0n) is 19.3. The zero-order valence-corrected chi connectivity index (χ0v) is 20.1. The van der Waals surface area contributed by atoms with Gasteiger partial charge in [-0.3, -0.25) is 9.36 Å². The summed E-state index contributed by atoms with van der Waals surface area (Å²) in [5.41, 5.74) is 5.73. The number of aromatic nitrogens is 1. The lowest BCUT2D eigenvalue weighted by Crippen LogP contribution is -2.38. The molecule has 0 saturated carbocycles. The van der Waals surface area contributed by atoms with Gasteiger partial charge in [-0.15, -0.1) is 0 Å². The van der Waals surface area contributed by atoms with Crippen molar-refractivity contribution in [2.24, 2.45) is 4.99 Å². The van der Waals surface area contributed by atoms with E-state index in [0.717, 1.165) is 41.0 Å². The molecule has 2 aromatic heterocycles. The predicted molar refractivity (Wildman–Crippen MR) is 134 cm³/mol. The molecular weight excluding hydrogens is 460 g/mol. The highest BCUT2D eigenvalue weighted by atomic mass is 32.1. The van der Waals surface area contributed by atoms with Gasteiger partial charge in [-0.05, 0) is 60.7 Å². The Balaban J connectivity index is 1.59. The van der Waals surface area contributed by atoms with Gasteiger partial charge in [-0.2, -0.15) is 0 Å². The standard InChI is InChI=1S/C28H22N2O4S/c1-16-7-13-20(34-16)15-23-26(31)30-25(18-8-10-19(11-9-18)27(32)33-2)22-14-12-17-5-3-4-6-21(17)24(22)29-28(30)35-23/h3-11,13,15,25H,12,14H2,1-2H3. The minimum absolute atomic E-state index is 0.102. The Bertz CT molecular complexity index is 1690. The van der Waals surface area contributed by atoms with Crippen LogP contribution in [0.3, 0.4) is 0 Å². The summed E-state index contributed by atoms with van der Waals surface area (Å²) in [6.07, 6.45) is 3.47. The number of carbonyl (C=O) groups is 1. The Morgan fingerprint density at radius 3 is 2.66 bits per heavy atom. The second-order valence-corrected chi connectivity index (χ2v) is 9.68. The van der Waals surface area contributed by atoms with Crippen LogP contribution < -0.4 is 14.9 Å². The van der Waals surface area contributed by atoms with Crippen molar-refractivity contribution in [1.29, 1.82) is 0 Å². The van der Waals surface area contributed by atoms with Crippen molar-refractivity contribution in [1.82, 2.24) is 4.57 Å². The van der Waals surface area contributed by atoms with Gasteiger partial charge in [0, 0.05) is 11.6 Å². The topological polar surface area (TPSA) is 73.8 Å². The van der Waals surface area contributed by atoms with Crippen LogP contribution in [-0.4, -0.2) is 17.6 Å². The molecule has 35 heavy (non-hydrogen) atoms. The summed E-state index contributed by atoms with van der Waals surface area (Å²) in [6, 6.07) is 19.1. The molecule has 0 amide bonds. The van der Waals surface area contributed by atoms with E-state index in [1.165, 1.54) is 24.0 Å². The largest absolute Gasteiger partial charge is 0.465 e. The molecule has 0 bridgehead atoms. The number of fused-ring (bicyclic) bond motifs is 3. The van der Waals surface area contributed by atoms with Gasteiger partial charge < -0.3 is 9.15 Å². The molecule has 2 aromatic carbocycles. The lowest BCUT2D eigenvalue weighted by Gasteiger charge is -2.30. The average molecular weight is 483 g/mol. The van der Waals surface area contributed by atoms with Crippen LogP contribution in [0.2, 0.25) is 0 Å². The Labute approximate surface area is 205 Å². The van der Waals surface area contributed by atoms with E-state index in [0.29, 0.717) is 20.7 Å². The number of hydrogen-bond acceptors (Lipinski definition) is 6. The SMILES string of the molecule is COC(=O)c1ccc(C2C3=C(N=c4sc(=Cc5ccc(C)o5)c(=O)n42)c2ccccc2CC3)cc1. The highest BCUT2D eigenvalue weighted by Crippen LogP contribution is 2.41. The number of ether oxygens (including phenoxy) is 1. The summed E-state index contributed by atoms with van der Waals surface area (Å²) < 4.78 is 12.9. The summed E-state index contributed by atoms with van der Waals surface area (Å²) in [5, 5.41) is 0. The highest BCUT2D eigenvalue weighted by Gasteiger charge is 2.32. The summed E-state index contributed by atoms with van der Waals surface area (Å²) in [6.45, 7) is 1.88. The lowest BCUT2D eigenvalue weighted by atomic mass is 9.83. The van der Waals surface area contributed by atoms with Gasteiger partial charge in [0.2, 0.25) is 0 Å². The first-order valence-corrected chi connectivity index (χ1v) is 12.2. The maximum atomic E-state index is 13.7. The molecule has 7 heteroatoms. The van der Waals surface area contributed by atoms with Gasteiger partial charge in [0.1, 0.15) is 11.5 Å². The van der Waals surface area contributed by atoms with Crippen molar-refractivity contribution in [3.8, 4) is 0 Å². The molecule has 0 saturated heterocycles. The van der Waals surface area contributed by atoms with Gasteiger partial charge in [-0.1, -0.05) is 47.7 Å². The minimum atomic E-state index is -0.388. The quantitative estimate of drug-likeness (QED) is 0.414. The van der Waals surface area contributed by atoms with Crippen LogP contribution in [-0.2, 0) is 11.2 Å². The second-order valence-electron chi connectivity index (χ2n) is 8.68. The average Bonchev–Trinajstić information content (AvgIpc) is 3.44. The van der Waals surface area contributed by atoms with Crippen molar-refractivity contribution < 1.29 is 13.9 Å². The maximum absolute atomic E-state index is 13.7. The van der Waals surface area contributed by atoms with E-state index in [-0.39, 0.29) is 17.6 Å². The Morgan fingerprint density at radius 2 is 1.91 bits per heavy atom. The van der Waals surface area contributed by atoms with Gasteiger partial charge in [0.15, 0.2) is 4.80 Å². The summed E-state index contributed by atoms with van der Waals surface area (Å²) in [5.74, 6) is 1.04. The Hall–Kier alpha value is -3.97. The number of nitrogens with zero attached hydrogens (tertiary/aromatic N) is 2. The van der Waals surface area contributed by atoms with Crippen molar-refractivity contribution in [2.75, 3.05) is 7.11 Å². The summed E-state index contributed by atoms with van der Waals surface area (Å²) in [7, 11) is 1.37. The lowest BCUT2D eigenvalue weighted by molar-refractivity contribution is 0.0600. The first-order valence-electron chi connectivity index (χ1n) is 11.4. The van der Waals surface area contributed by atoms with Gasteiger partial charge in [-0.25, -0.2) is 9.79 Å². The van der Waals surface area contributed by atoms with Crippen LogP contribution in [0.25, 0.3) is 11.8 Å². The van der Waals surface area contributed by atoms with Gasteiger partial charge in [0.05, 0.1) is 28.9 Å².